The van der Waals surface area contributed by atoms with E-state index in [4.69, 9.17) is 0 Å². The van der Waals surface area contributed by atoms with Crippen LogP contribution in [0.3, 0.4) is 0 Å². The van der Waals surface area contributed by atoms with E-state index < -0.39 is 0 Å². The average Bonchev–Trinajstić information content (AvgIpc) is 2.60. The van der Waals surface area contributed by atoms with Gasteiger partial charge in [-0.05, 0) is 31.9 Å². The van der Waals surface area contributed by atoms with Gasteiger partial charge >= 0.3 is 0 Å². The fourth-order valence-corrected chi connectivity index (χ4v) is 2.60. The van der Waals surface area contributed by atoms with Crippen LogP contribution in [0.15, 0.2) is 18.2 Å². The molecule has 18 heavy (non-hydrogen) atoms. The summed E-state index contributed by atoms with van der Waals surface area (Å²) in [7, 11) is 0. The zero-order valence-corrected chi connectivity index (χ0v) is 10.7. The summed E-state index contributed by atoms with van der Waals surface area (Å²) in [6, 6.07) is 7.61. The summed E-state index contributed by atoms with van der Waals surface area (Å²) < 4.78 is 13.5. The van der Waals surface area contributed by atoms with Gasteiger partial charge in [-0.1, -0.05) is 25.3 Å². The Balaban J connectivity index is 2.16. The van der Waals surface area contributed by atoms with Gasteiger partial charge in [0, 0.05) is 17.3 Å². The minimum absolute atomic E-state index is 0.0372. The second-order valence-corrected chi connectivity index (χ2v) is 5.04. The van der Waals surface area contributed by atoms with Gasteiger partial charge < -0.3 is 5.32 Å². The van der Waals surface area contributed by atoms with Crippen molar-refractivity contribution in [2.24, 2.45) is 5.92 Å². The number of hydrogen-bond donors (Lipinski definition) is 1. The molecule has 2 atom stereocenters. The lowest BCUT2D eigenvalue weighted by atomic mass is 9.95. The van der Waals surface area contributed by atoms with Crippen molar-refractivity contribution in [3.8, 4) is 6.07 Å². The molecule has 96 valence electrons. The van der Waals surface area contributed by atoms with Crippen LogP contribution in [0.25, 0.3) is 0 Å². The molecular formula is C15H19FN2. The van der Waals surface area contributed by atoms with Crippen LogP contribution >= 0.6 is 0 Å². The van der Waals surface area contributed by atoms with E-state index in [0.717, 1.165) is 31.4 Å². The van der Waals surface area contributed by atoms with Gasteiger partial charge in [0.05, 0.1) is 12.0 Å². The third-order valence-electron chi connectivity index (χ3n) is 3.79. The molecule has 3 heteroatoms. The van der Waals surface area contributed by atoms with Gasteiger partial charge in [0.1, 0.15) is 5.82 Å². The number of hydrogen-bond acceptors (Lipinski definition) is 2. The molecule has 0 saturated heterocycles. The molecule has 1 saturated carbocycles. The number of rotatable bonds is 2. The van der Waals surface area contributed by atoms with Crippen LogP contribution in [-0.4, -0.2) is 6.04 Å². The fourth-order valence-electron chi connectivity index (χ4n) is 2.60. The van der Waals surface area contributed by atoms with E-state index in [2.05, 4.69) is 11.4 Å². The molecule has 0 radical (unpaired) electrons. The molecule has 1 fully saturated rings. The lowest BCUT2D eigenvalue weighted by Crippen LogP contribution is -2.27. The molecule has 2 rings (SSSR count). The number of halogens is 1. The molecule has 0 heterocycles. The Kier molecular flexibility index (Phi) is 4.19. The SMILES string of the molecule is Cc1c(F)cccc1NC1CCCCCC1C#N. The van der Waals surface area contributed by atoms with Crippen molar-refractivity contribution >= 4 is 5.69 Å². The summed E-state index contributed by atoms with van der Waals surface area (Å²) in [6.45, 7) is 1.77. The molecule has 1 aliphatic rings. The van der Waals surface area contributed by atoms with Crippen molar-refractivity contribution in [1.29, 1.82) is 5.26 Å². The predicted molar refractivity (Wildman–Crippen MR) is 70.7 cm³/mol. The van der Waals surface area contributed by atoms with E-state index in [9.17, 15) is 9.65 Å². The first-order chi connectivity index (χ1) is 8.72. The number of benzene rings is 1. The Bertz CT molecular complexity index is 450. The van der Waals surface area contributed by atoms with Crippen molar-refractivity contribution in [1.82, 2.24) is 0 Å². The van der Waals surface area contributed by atoms with Gasteiger partial charge in [-0.25, -0.2) is 4.39 Å². The van der Waals surface area contributed by atoms with Gasteiger partial charge in [-0.2, -0.15) is 5.26 Å². The van der Waals surface area contributed by atoms with E-state index >= 15 is 0 Å². The Labute approximate surface area is 108 Å². The second kappa shape index (κ2) is 5.86. The number of nitriles is 1. The molecule has 0 bridgehead atoms. The van der Waals surface area contributed by atoms with Crippen molar-refractivity contribution < 1.29 is 4.39 Å². The molecule has 0 spiro atoms. The minimum Gasteiger partial charge on any atom is -0.381 e. The van der Waals surface area contributed by atoms with Crippen LogP contribution in [0.2, 0.25) is 0 Å². The fraction of sp³-hybridized carbons (Fsp3) is 0.533. The Hall–Kier alpha value is -1.56. The lowest BCUT2D eigenvalue weighted by Gasteiger charge is -2.23. The highest BCUT2D eigenvalue weighted by Gasteiger charge is 2.23. The van der Waals surface area contributed by atoms with Gasteiger partial charge in [0.15, 0.2) is 0 Å². The van der Waals surface area contributed by atoms with E-state index in [1.165, 1.54) is 12.5 Å². The molecule has 2 unspecified atom stereocenters. The lowest BCUT2D eigenvalue weighted by molar-refractivity contribution is 0.513. The molecular weight excluding hydrogens is 227 g/mol. The van der Waals surface area contributed by atoms with Gasteiger partial charge in [-0.15, -0.1) is 0 Å². The normalized spacial score (nSPS) is 24.1. The third kappa shape index (κ3) is 2.81. The average molecular weight is 246 g/mol. The van der Waals surface area contributed by atoms with E-state index in [-0.39, 0.29) is 17.8 Å². The summed E-state index contributed by atoms with van der Waals surface area (Å²) >= 11 is 0. The first-order valence-corrected chi connectivity index (χ1v) is 6.63. The first-order valence-electron chi connectivity index (χ1n) is 6.63. The van der Waals surface area contributed by atoms with Gasteiger partial charge in [-0.3, -0.25) is 0 Å². The highest BCUT2D eigenvalue weighted by molar-refractivity contribution is 5.52. The zero-order chi connectivity index (χ0) is 13.0. The monoisotopic (exact) mass is 246 g/mol. The summed E-state index contributed by atoms with van der Waals surface area (Å²) in [5.74, 6) is -0.155. The molecule has 1 aromatic carbocycles. The highest BCUT2D eigenvalue weighted by atomic mass is 19.1. The van der Waals surface area contributed by atoms with Gasteiger partial charge in [0.25, 0.3) is 0 Å². The van der Waals surface area contributed by atoms with Crippen LogP contribution in [0.4, 0.5) is 10.1 Å². The summed E-state index contributed by atoms with van der Waals surface area (Å²) in [5, 5.41) is 12.6. The maximum Gasteiger partial charge on any atom is 0.128 e. The smallest absolute Gasteiger partial charge is 0.128 e. The quantitative estimate of drug-likeness (QED) is 0.800. The van der Waals surface area contributed by atoms with Crippen molar-refractivity contribution in [2.45, 2.75) is 45.1 Å². The molecule has 1 aliphatic carbocycles. The van der Waals surface area contributed by atoms with Crippen LogP contribution in [-0.2, 0) is 0 Å². The number of nitrogens with zero attached hydrogens (tertiary/aromatic N) is 1. The third-order valence-corrected chi connectivity index (χ3v) is 3.79. The predicted octanol–water partition coefficient (Wildman–Crippen LogP) is 4.02. The van der Waals surface area contributed by atoms with E-state index in [0.29, 0.717) is 5.56 Å². The summed E-state index contributed by atoms with van der Waals surface area (Å²) in [5.41, 5.74) is 1.46. The van der Waals surface area contributed by atoms with Crippen LogP contribution in [0.1, 0.15) is 37.7 Å². The van der Waals surface area contributed by atoms with Crippen molar-refractivity contribution in [3.05, 3.63) is 29.6 Å². The zero-order valence-electron chi connectivity index (χ0n) is 10.7. The van der Waals surface area contributed by atoms with E-state index in [1.807, 2.05) is 6.07 Å². The molecule has 1 aromatic rings. The Morgan fingerprint density at radius 2 is 2.06 bits per heavy atom. The molecule has 0 aromatic heterocycles. The highest BCUT2D eigenvalue weighted by Crippen LogP contribution is 2.27. The molecule has 0 amide bonds. The maximum absolute atomic E-state index is 13.5. The van der Waals surface area contributed by atoms with Crippen LogP contribution in [0.5, 0.6) is 0 Å². The van der Waals surface area contributed by atoms with Crippen LogP contribution in [0, 0.1) is 30.0 Å². The van der Waals surface area contributed by atoms with E-state index in [1.54, 1.807) is 13.0 Å². The molecule has 0 aliphatic heterocycles. The second-order valence-electron chi connectivity index (χ2n) is 5.04. The Morgan fingerprint density at radius 3 is 2.83 bits per heavy atom. The van der Waals surface area contributed by atoms with Crippen LogP contribution < -0.4 is 5.32 Å². The van der Waals surface area contributed by atoms with Crippen molar-refractivity contribution in [3.63, 3.8) is 0 Å². The van der Waals surface area contributed by atoms with Gasteiger partial charge in [0.2, 0.25) is 0 Å². The topological polar surface area (TPSA) is 35.8 Å². The standard InChI is InChI=1S/C15H19FN2/c1-11-13(16)7-5-9-14(11)18-15-8-4-2-3-6-12(15)10-17/h5,7,9,12,15,18H,2-4,6,8H2,1H3. The largest absolute Gasteiger partial charge is 0.381 e. The minimum atomic E-state index is -0.192. The summed E-state index contributed by atoms with van der Waals surface area (Å²) in [6.07, 6.45) is 5.40. The maximum atomic E-state index is 13.5. The summed E-state index contributed by atoms with van der Waals surface area (Å²) in [4.78, 5) is 0. The Morgan fingerprint density at radius 1 is 1.28 bits per heavy atom. The van der Waals surface area contributed by atoms with Crippen molar-refractivity contribution in [2.75, 3.05) is 5.32 Å². The number of anilines is 1. The molecule has 1 N–H and O–H groups in total. The molecule has 2 nitrogen and oxygen atoms in total. The number of nitrogens with one attached hydrogen (secondary N) is 1. The first kappa shape index (κ1) is 12.9.